The van der Waals surface area contributed by atoms with Gasteiger partial charge >= 0.3 is 0 Å². The molecule has 0 saturated carbocycles. The molecule has 0 aliphatic carbocycles. The number of hydrogen-bond acceptors (Lipinski definition) is 4. The van der Waals surface area contributed by atoms with Gasteiger partial charge in [0.2, 0.25) is 10.0 Å². The second-order valence-electron chi connectivity index (χ2n) is 3.84. The smallest absolute Gasteiger partial charge is 0.265 e. The maximum Gasteiger partial charge on any atom is 0.265 e. The molecule has 0 radical (unpaired) electrons. The molecule has 0 fully saturated rings. The highest BCUT2D eigenvalue weighted by Gasteiger charge is 2.10. The van der Waals surface area contributed by atoms with Crippen molar-refractivity contribution in [1.29, 1.82) is 0 Å². The third kappa shape index (κ3) is 4.06. The van der Waals surface area contributed by atoms with Crippen LogP contribution in [-0.4, -0.2) is 19.0 Å². The molecule has 5 nitrogen and oxygen atoms in total. The van der Waals surface area contributed by atoms with E-state index < -0.39 is 10.0 Å². The lowest BCUT2D eigenvalue weighted by Crippen LogP contribution is -2.14. The summed E-state index contributed by atoms with van der Waals surface area (Å²) in [6, 6.07) is 10.0. The van der Waals surface area contributed by atoms with Crippen molar-refractivity contribution in [3.63, 3.8) is 0 Å². The summed E-state index contributed by atoms with van der Waals surface area (Å²) in [7, 11) is -3.40. The standard InChI is InChI=1S/C12H11BrN2O3S2/c13-8-20(17,18)15-10-4-1-3-9(7-10)14-12(16)11-5-2-6-19-11/h1-7,15H,8H2,(H,14,16). The molecule has 0 saturated heterocycles. The van der Waals surface area contributed by atoms with Crippen LogP contribution < -0.4 is 10.0 Å². The van der Waals surface area contributed by atoms with Crippen LogP contribution >= 0.6 is 27.3 Å². The number of sulfonamides is 1. The van der Waals surface area contributed by atoms with Crippen LogP contribution in [0.3, 0.4) is 0 Å². The van der Waals surface area contributed by atoms with Crippen molar-refractivity contribution in [2.24, 2.45) is 0 Å². The molecule has 0 aliphatic heterocycles. The maximum atomic E-state index is 11.9. The molecular formula is C12H11BrN2O3S2. The van der Waals surface area contributed by atoms with E-state index >= 15 is 0 Å². The topological polar surface area (TPSA) is 75.3 Å². The summed E-state index contributed by atoms with van der Waals surface area (Å²) in [5.74, 6) is -0.222. The van der Waals surface area contributed by atoms with E-state index in [1.165, 1.54) is 11.3 Å². The van der Waals surface area contributed by atoms with E-state index in [9.17, 15) is 13.2 Å². The first-order valence-electron chi connectivity index (χ1n) is 5.51. The van der Waals surface area contributed by atoms with Gasteiger partial charge in [-0.25, -0.2) is 8.42 Å². The number of benzene rings is 1. The van der Waals surface area contributed by atoms with Gasteiger partial charge in [-0.05, 0) is 29.6 Å². The zero-order valence-corrected chi connectivity index (χ0v) is 13.4. The second-order valence-corrected chi connectivity index (χ2v) is 7.81. The SMILES string of the molecule is O=C(Nc1cccc(NS(=O)(=O)CBr)c1)c1cccs1. The Morgan fingerprint density at radius 2 is 1.95 bits per heavy atom. The van der Waals surface area contributed by atoms with E-state index in [1.807, 2.05) is 5.38 Å². The van der Waals surface area contributed by atoms with Gasteiger partial charge in [-0.1, -0.05) is 28.1 Å². The largest absolute Gasteiger partial charge is 0.321 e. The summed E-state index contributed by atoms with van der Waals surface area (Å²) < 4.78 is 25.1. The fourth-order valence-electron chi connectivity index (χ4n) is 1.47. The Bertz CT molecular complexity index is 699. The Morgan fingerprint density at radius 3 is 2.60 bits per heavy atom. The predicted octanol–water partition coefficient (Wildman–Crippen LogP) is 3.09. The molecule has 1 aromatic carbocycles. The molecule has 20 heavy (non-hydrogen) atoms. The lowest BCUT2D eigenvalue weighted by molar-refractivity contribution is 0.103. The quantitative estimate of drug-likeness (QED) is 0.789. The normalized spacial score (nSPS) is 11.1. The van der Waals surface area contributed by atoms with Gasteiger partial charge < -0.3 is 5.32 Å². The summed E-state index contributed by atoms with van der Waals surface area (Å²) >= 11 is 4.23. The van der Waals surface area contributed by atoms with Crippen molar-refractivity contribution in [2.45, 2.75) is 0 Å². The number of amides is 1. The average molecular weight is 375 g/mol. The van der Waals surface area contributed by atoms with E-state index in [4.69, 9.17) is 0 Å². The number of alkyl halides is 1. The van der Waals surface area contributed by atoms with Gasteiger partial charge in [0.1, 0.15) is 4.66 Å². The summed E-state index contributed by atoms with van der Waals surface area (Å²) in [6.07, 6.45) is 0. The fraction of sp³-hybridized carbons (Fsp3) is 0.0833. The number of carbonyl (C=O) groups excluding carboxylic acids is 1. The molecule has 2 rings (SSSR count). The Labute approximate surface area is 129 Å². The van der Waals surface area contributed by atoms with Gasteiger partial charge in [0, 0.05) is 5.69 Å². The lowest BCUT2D eigenvalue weighted by Gasteiger charge is -2.08. The number of rotatable bonds is 5. The monoisotopic (exact) mass is 374 g/mol. The fourth-order valence-corrected chi connectivity index (χ4v) is 2.97. The average Bonchev–Trinajstić information content (AvgIpc) is 2.92. The van der Waals surface area contributed by atoms with Crippen LogP contribution in [-0.2, 0) is 10.0 Å². The van der Waals surface area contributed by atoms with E-state index in [-0.39, 0.29) is 10.6 Å². The van der Waals surface area contributed by atoms with Crippen LogP contribution in [0.25, 0.3) is 0 Å². The van der Waals surface area contributed by atoms with Crippen LogP contribution in [0.5, 0.6) is 0 Å². The van der Waals surface area contributed by atoms with E-state index in [0.717, 1.165) is 0 Å². The van der Waals surface area contributed by atoms with Crippen LogP contribution in [0, 0.1) is 0 Å². The molecule has 1 amide bonds. The highest BCUT2D eigenvalue weighted by Crippen LogP contribution is 2.18. The molecule has 0 bridgehead atoms. The number of nitrogens with one attached hydrogen (secondary N) is 2. The molecule has 0 atom stereocenters. The van der Waals surface area contributed by atoms with Crippen molar-refractivity contribution in [2.75, 3.05) is 14.7 Å². The lowest BCUT2D eigenvalue weighted by atomic mass is 10.3. The zero-order chi connectivity index (χ0) is 14.6. The number of anilines is 2. The zero-order valence-electron chi connectivity index (χ0n) is 10.2. The summed E-state index contributed by atoms with van der Waals surface area (Å²) in [5, 5.41) is 4.53. The first-order chi connectivity index (χ1) is 9.50. The maximum absolute atomic E-state index is 11.9. The van der Waals surface area contributed by atoms with E-state index in [1.54, 1.807) is 36.4 Å². The Hall–Kier alpha value is -1.38. The second kappa shape index (κ2) is 6.38. The van der Waals surface area contributed by atoms with Gasteiger partial charge in [0.05, 0.1) is 10.6 Å². The third-order valence-electron chi connectivity index (χ3n) is 2.28. The molecular weight excluding hydrogens is 364 g/mol. The van der Waals surface area contributed by atoms with Crippen LogP contribution in [0.2, 0.25) is 0 Å². The van der Waals surface area contributed by atoms with Crippen LogP contribution in [0.15, 0.2) is 41.8 Å². The van der Waals surface area contributed by atoms with Gasteiger partial charge in [-0.2, -0.15) is 0 Å². The summed E-state index contributed by atoms with van der Waals surface area (Å²) in [5.41, 5.74) is 0.923. The van der Waals surface area contributed by atoms with Crippen LogP contribution in [0.1, 0.15) is 9.67 Å². The van der Waals surface area contributed by atoms with Crippen molar-refractivity contribution in [3.05, 3.63) is 46.7 Å². The summed E-state index contributed by atoms with van der Waals surface area (Å²) in [4.78, 5) is 12.5. The summed E-state index contributed by atoms with van der Waals surface area (Å²) in [6.45, 7) is 0. The van der Waals surface area contributed by atoms with E-state index in [2.05, 4.69) is 26.0 Å². The number of hydrogen-bond donors (Lipinski definition) is 2. The highest BCUT2D eigenvalue weighted by atomic mass is 79.9. The molecule has 1 aromatic heterocycles. The Morgan fingerprint density at radius 1 is 1.20 bits per heavy atom. The van der Waals surface area contributed by atoms with E-state index in [0.29, 0.717) is 16.3 Å². The minimum absolute atomic E-state index is 0.189. The molecule has 106 valence electrons. The van der Waals surface area contributed by atoms with Gasteiger partial charge in [-0.15, -0.1) is 11.3 Å². The van der Waals surface area contributed by atoms with Crippen molar-refractivity contribution >= 4 is 54.6 Å². The van der Waals surface area contributed by atoms with Crippen molar-refractivity contribution in [1.82, 2.24) is 0 Å². The third-order valence-corrected chi connectivity index (χ3v) is 5.79. The highest BCUT2D eigenvalue weighted by molar-refractivity contribution is 9.10. The molecule has 8 heteroatoms. The minimum atomic E-state index is -3.40. The molecule has 2 N–H and O–H groups in total. The number of carbonyl (C=O) groups is 1. The number of thiophene rings is 1. The molecule has 1 heterocycles. The first kappa shape index (κ1) is 15.0. The van der Waals surface area contributed by atoms with Gasteiger partial charge in [-0.3, -0.25) is 9.52 Å². The first-order valence-corrected chi connectivity index (χ1v) is 9.17. The molecule has 0 aliphatic rings. The van der Waals surface area contributed by atoms with Gasteiger partial charge in [0.15, 0.2) is 0 Å². The molecule has 0 spiro atoms. The number of halogens is 1. The Kier molecular flexibility index (Phi) is 4.79. The minimum Gasteiger partial charge on any atom is -0.321 e. The van der Waals surface area contributed by atoms with Crippen molar-refractivity contribution in [3.8, 4) is 0 Å². The molecule has 0 unspecified atom stereocenters. The Balaban J connectivity index is 2.12. The van der Waals surface area contributed by atoms with Crippen LogP contribution in [0.4, 0.5) is 11.4 Å². The van der Waals surface area contributed by atoms with Gasteiger partial charge in [0.25, 0.3) is 5.91 Å². The molecule has 2 aromatic rings. The predicted molar refractivity (Wildman–Crippen MR) is 85.1 cm³/mol. The van der Waals surface area contributed by atoms with Crippen molar-refractivity contribution < 1.29 is 13.2 Å².